The van der Waals surface area contributed by atoms with E-state index in [4.69, 9.17) is 0 Å². The number of pyridine rings is 1. The third kappa shape index (κ3) is 3.16. The molecule has 2 N–H and O–H groups in total. The average molecular weight is 329 g/mol. The number of hydrogen-bond donors (Lipinski definition) is 2. The molecule has 1 aliphatic rings. The van der Waals surface area contributed by atoms with Crippen molar-refractivity contribution in [1.82, 2.24) is 24.9 Å². The number of piperazine rings is 1. The van der Waals surface area contributed by atoms with Gasteiger partial charge in [-0.05, 0) is 38.9 Å². The van der Waals surface area contributed by atoms with Crippen LogP contribution in [0.4, 0.5) is 0 Å². The molecule has 1 atom stereocenters. The van der Waals surface area contributed by atoms with E-state index in [1.807, 2.05) is 32.3 Å². The third-order valence-corrected chi connectivity index (χ3v) is 4.80. The maximum atomic E-state index is 12.7. The van der Waals surface area contributed by atoms with Crippen LogP contribution in [0.5, 0.6) is 0 Å². The Bertz CT molecular complexity index is 736. The normalized spacial score (nSPS) is 19.6. The van der Waals surface area contributed by atoms with E-state index in [2.05, 4.69) is 44.8 Å². The lowest BCUT2D eigenvalue weighted by atomic mass is 10.0. The molecule has 1 fully saturated rings. The second kappa shape index (κ2) is 6.53. The molecule has 0 radical (unpaired) electrons. The SMILES string of the molecule is CCN1CCN[C@H](C(=O)NC(C)(C)c2ncc3c(C)cccn23)C1. The molecule has 2 aromatic heterocycles. The molecule has 2 aromatic rings. The van der Waals surface area contributed by atoms with E-state index in [0.29, 0.717) is 0 Å². The van der Waals surface area contributed by atoms with Crippen LogP contribution in [0.1, 0.15) is 32.2 Å². The number of nitrogens with one attached hydrogen (secondary N) is 2. The first-order chi connectivity index (χ1) is 11.4. The first-order valence-corrected chi connectivity index (χ1v) is 8.63. The van der Waals surface area contributed by atoms with Crippen LogP contribution in [0.25, 0.3) is 5.52 Å². The van der Waals surface area contributed by atoms with Crippen LogP contribution in [0, 0.1) is 6.92 Å². The van der Waals surface area contributed by atoms with Crippen molar-refractivity contribution in [3.05, 3.63) is 35.9 Å². The van der Waals surface area contributed by atoms with Gasteiger partial charge >= 0.3 is 0 Å². The van der Waals surface area contributed by atoms with Crippen LogP contribution in [0.15, 0.2) is 24.5 Å². The van der Waals surface area contributed by atoms with Gasteiger partial charge in [0.25, 0.3) is 0 Å². The molecule has 0 bridgehead atoms. The van der Waals surface area contributed by atoms with Gasteiger partial charge < -0.3 is 19.9 Å². The number of hydrogen-bond acceptors (Lipinski definition) is 4. The van der Waals surface area contributed by atoms with Gasteiger partial charge in [-0.2, -0.15) is 0 Å². The van der Waals surface area contributed by atoms with Crippen molar-refractivity contribution < 1.29 is 4.79 Å². The van der Waals surface area contributed by atoms with Crippen LogP contribution in [-0.2, 0) is 10.3 Å². The summed E-state index contributed by atoms with van der Waals surface area (Å²) in [4.78, 5) is 19.6. The standard InChI is InChI=1S/C18H27N5O/c1-5-22-10-8-19-14(12-22)16(24)21-18(3,4)17-20-11-15-13(2)7-6-9-23(15)17/h6-7,9,11,14,19H,5,8,10,12H2,1-4H3,(H,21,24)/t14-/m0/s1. The zero-order chi connectivity index (χ0) is 17.3. The van der Waals surface area contributed by atoms with Gasteiger partial charge in [-0.15, -0.1) is 0 Å². The Hall–Kier alpha value is -1.92. The molecule has 6 nitrogen and oxygen atoms in total. The third-order valence-electron chi connectivity index (χ3n) is 4.80. The number of carbonyl (C=O) groups is 1. The highest BCUT2D eigenvalue weighted by molar-refractivity contribution is 5.83. The van der Waals surface area contributed by atoms with E-state index in [0.717, 1.165) is 37.5 Å². The molecule has 0 unspecified atom stereocenters. The molecule has 24 heavy (non-hydrogen) atoms. The van der Waals surface area contributed by atoms with Crippen molar-refractivity contribution in [2.45, 2.75) is 39.3 Å². The van der Waals surface area contributed by atoms with Crippen LogP contribution >= 0.6 is 0 Å². The van der Waals surface area contributed by atoms with Gasteiger partial charge in [0.2, 0.25) is 5.91 Å². The molecule has 0 spiro atoms. The lowest BCUT2D eigenvalue weighted by molar-refractivity contribution is -0.126. The summed E-state index contributed by atoms with van der Waals surface area (Å²) in [6.45, 7) is 11.8. The Morgan fingerprint density at radius 1 is 1.50 bits per heavy atom. The quantitative estimate of drug-likeness (QED) is 0.887. The van der Waals surface area contributed by atoms with Gasteiger partial charge in [-0.3, -0.25) is 4.79 Å². The van der Waals surface area contributed by atoms with Crippen LogP contribution < -0.4 is 10.6 Å². The Labute approximate surface area is 143 Å². The average Bonchev–Trinajstić information content (AvgIpc) is 3.01. The van der Waals surface area contributed by atoms with Crippen molar-refractivity contribution in [2.24, 2.45) is 0 Å². The highest BCUT2D eigenvalue weighted by atomic mass is 16.2. The van der Waals surface area contributed by atoms with Crippen molar-refractivity contribution in [3.63, 3.8) is 0 Å². The summed E-state index contributed by atoms with van der Waals surface area (Å²) < 4.78 is 2.06. The van der Waals surface area contributed by atoms with Crippen LogP contribution in [0.3, 0.4) is 0 Å². The number of nitrogens with zero attached hydrogens (tertiary/aromatic N) is 3. The molecule has 1 saturated heterocycles. The minimum atomic E-state index is -0.548. The summed E-state index contributed by atoms with van der Waals surface area (Å²) in [6.07, 6.45) is 3.87. The number of imidazole rings is 1. The molecule has 3 rings (SSSR count). The fourth-order valence-corrected chi connectivity index (χ4v) is 3.35. The summed E-state index contributed by atoms with van der Waals surface area (Å²) in [7, 11) is 0. The second-order valence-electron chi connectivity index (χ2n) is 7.04. The van der Waals surface area contributed by atoms with Gasteiger partial charge in [0.15, 0.2) is 0 Å². The Morgan fingerprint density at radius 2 is 2.29 bits per heavy atom. The highest BCUT2D eigenvalue weighted by Crippen LogP contribution is 2.22. The van der Waals surface area contributed by atoms with E-state index in [1.54, 1.807) is 0 Å². The van der Waals surface area contributed by atoms with Crippen molar-refractivity contribution >= 4 is 11.4 Å². The predicted molar refractivity (Wildman–Crippen MR) is 95.0 cm³/mol. The van der Waals surface area contributed by atoms with E-state index in [1.165, 1.54) is 5.56 Å². The lowest BCUT2D eigenvalue weighted by Gasteiger charge is -2.34. The molecule has 0 aliphatic carbocycles. The maximum Gasteiger partial charge on any atom is 0.239 e. The number of carbonyl (C=O) groups excluding carboxylic acids is 1. The van der Waals surface area contributed by atoms with Gasteiger partial charge in [-0.25, -0.2) is 4.98 Å². The van der Waals surface area contributed by atoms with Crippen LogP contribution in [0.2, 0.25) is 0 Å². The molecule has 0 aromatic carbocycles. The lowest BCUT2D eigenvalue weighted by Crippen LogP contribution is -2.59. The molecule has 6 heteroatoms. The number of fused-ring (bicyclic) bond motifs is 1. The minimum absolute atomic E-state index is 0.0301. The second-order valence-corrected chi connectivity index (χ2v) is 7.04. The number of amides is 1. The molecule has 3 heterocycles. The predicted octanol–water partition coefficient (Wildman–Crippen LogP) is 1.29. The van der Waals surface area contributed by atoms with E-state index < -0.39 is 5.54 Å². The Kier molecular flexibility index (Phi) is 4.60. The Morgan fingerprint density at radius 3 is 3.04 bits per heavy atom. The number of aromatic nitrogens is 2. The summed E-state index contributed by atoms with van der Waals surface area (Å²) in [5.74, 6) is 0.875. The van der Waals surface area contributed by atoms with Crippen LogP contribution in [-0.4, -0.2) is 52.4 Å². The van der Waals surface area contributed by atoms with Crippen molar-refractivity contribution in [1.29, 1.82) is 0 Å². The minimum Gasteiger partial charge on any atom is -0.343 e. The van der Waals surface area contributed by atoms with Crippen molar-refractivity contribution in [2.75, 3.05) is 26.2 Å². The van der Waals surface area contributed by atoms with Gasteiger partial charge in [0.05, 0.1) is 23.3 Å². The maximum absolute atomic E-state index is 12.7. The molecule has 1 aliphatic heterocycles. The van der Waals surface area contributed by atoms with E-state index >= 15 is 0 Å². The van der Waals surface area contributed by atoms with Gasteiger partial charge in [-0.1, -0.05) is 13.0 Å². The molecular formula is C18H27N5O. The monoisotopic (exact) mass is 329 g/mol. The fraction of sp³-hybridized carbons (Fsp3) is 0.556. The summed E-state index contributed by atoms with van der Waals surface area (Å²) >= 11 is 0. The summed E-state index contributed by atoms with van der Waals surface area (Å²) in [5, 5.41) is 6.49. The van der Waals surface area contributed by atoms with Crippen molar-refractivity contribution in [3.8, 4) is 0 Å². The molecule has 1 amide bonds. The van der Waals surface area contributed by atoms with Gasteiger partial charge in [0, 0.05) is 25.8 Å². The van der Waals surface area contributed by atoms with Gasteiger partial charge in [0.1, 0.15) is 5.82 Å². The smallest absolute Gasteiger partial charge is 0.239 e. The topological polar surface area (TPSA) is 61.7 Å². The fourth-order valence-electron chi connectivity index (χ4n) is 3.35. The first kappa shape index (κ1) is 16.9. The first-order valence-electron chi connectivity index (χ1n) is 8.63. The molecule has 0 saturated carbocycles. The highest BCUT2D eigenvalue weighted by Gasteiger charge is 2.32. The zero-order valence-corrected chi connectivity index (χ0v) is 15.0. The number of likely N-dealkylation sites (N-methyl/N-ethyl adjacent to an activating group) is 1. The number of rotatable bonds is 4. The molecular weight excluding hydrogens is 302 g/mol. The Balaban J connectivity index is 1.80. The summed E-state index contributed by atoms with van der Waals surface area (Å²) in [6, 6.07) is 3.90. The summed E-state index contributed by atoms with van der Waals surface area (Å²) in [5.41, 5.74) is 1.70. The zero-order valence-electron chi connectivity index (χ0n) is 15.0. The largest absolute Gasteiger partial charge is 0.343 e. The van der Waals surface area contributed by atoms with E-state index in [-0.39, 0.29) is 11.9 Å². The number of aryl methyl sites for hydroxylation is 1. The van der Waals surface area contributed by atoms with E-state index in [9.17, 15) is 4.79 Å². The molecule has 130 valence electrons.